The van der Waals surface area contributed by atoms with Gasteiger partial charge in [-0.15, -0.1) is 0 Å². The standard InChI is InChI=1S/C11H19F3N2O3S/c12-11(13,14)8-16(10-1-2-10)20(18,19)15-5-3-9(7-17)4-6-15/h9-10,17H,1-8H2. The highest BCUT2D eigenvalue weighted by molar-refractivity contribution is 7.86. The largest absolute Gasteiger partial charge is 0.402 e. The first-order chi connectivity index (χ1) is 9.24. The fourth-order valence-electron chi connectivity index (χ4n) is 2.41. The first-order valence-electron chi connectivity index (χ1n) is 6.68. The maximum Gasteiger partial charge on any atom is 0.402 e. The van der Waals surface area contributed by atoms with Gasteiger partial charge in [-0.25, -0.2) is 0 Å². The number of nitrogens with zero attached hydrogens (tertiary/aromatic N) is 2. The highest BCUT2D eigenvalue weighted by Gasteiger charge is 2.46. The molecule has 0 unspecified atom stereocenters. The predicted octanol–water partition coefficient (Wildman–Crippen LogP) is 0.962. The summed E-state index contributed by atoms with van der Waals surface area (Å²) in [6, 6.07) is -0.516. The van der Waals surface area contributed by atoms with Crippen molar-refractivity contribution in [1.29, 1.82) is 0 Å². The third-order valence-electron chi connectivity index (χ3n) is 3.74. The summed E-state index contributed by atoms with van der Waals surface area (Å²) in [4.78, 5) is 0. The second-order valence-corrected chi connectivity index (χ2v) is 7.31. The van der Waals surface area contributed by atoms with Crippen molar-refractivity contribution in [3.63, 3.8) is 0 Å². The van der Waals surface area contributed by atoms with E-state index in [2.05, 4.69) is 0 Å². The van der Waals surface area contributed by atoms with Crippen LogP contribution in [-0.4, -0.2) is 60.6 Å². The second-order valence-electron chi connectivity index (χ2n) is 5.42. The van der Waals surface area contributed by atoms with E-state index < -0.39 is 29.0 Å². The number of rotatable bonds is 5. The van der Waals surface area contributed by atoms with Crippen LogP contribution in [0.25, 0.3) is 0 Å². The van der Waals surface area contributed by atoms with E-state index >= 15 is 0 Å². The molecule has 20 heavy (non-hydrogen) atoms. The molecule has 2 fully saturated rings. The van der Waals surface area contributed by atoms with Crippen molar-refractivity contribution in [3.8, 4) is 0 Å². The Balaban J connectivity index is 2.07. The molecule has 5 nitrogen and oxygen atoms in total. The fraction of sp³-hybridized carbons (Fsp3) is 1.00. The van der Waals surface area contributed by atoms with E-state index in [0.717, 1.165) is 4.31 Å². The van der Waals surface area contributed by atoms with Crippen molar-refractivity contribution in [2.75, 3.05) is 26.2 Å². The summed E-state index contributed by atoms with van der Waals surface area (Å²) in [5.74, 6) is 0.0402. The quantitative estimate of drug-likeness (QED) is 0.822. The van der Waals surface area contributed by atoms with Crippen molar-refractivity contribution >= 4 is 10.2 Å². The molecule has 0 radical (unpaired) electrons. The molecule has 0 aromatic carbocycles. The lowest BCUT2D eigenvalue weighted by atomic mass is 10.00. The smallest absolute Gasteiger partial charge is 0.396 e. The SMILES string of the molecule is O=S(=O)(N1CCC(CO)CC1)N(CC(F)(F)F)C1CC1. The summed E-state index contributed by atoms with van der Waals surface area (Å²) in [5, 5.41) is 9.01. The highest BCUT2D eigenvalue weighted by atomic mass is 32.2. The molecule has 1 saturated carbocycles. The van der Waals surface area contributed by atoms with E-state index in [1.807, 2.05) is 0 Å². The Morgan fingerprint density at radius 3 is 2.10 bits per heavy atom. The number of halogens is 3. The molecule has 0 spiro atoms. The lowest BCUT2D eigenvalue weighted by Crippen LogP contribution is -2.50. The number of aliphatic hydroxyl groups is 1. The maximum absolute atomic E-state index is 12.6. The zero-order chi connectivity index (χ0) is 15.0. The van der Waals surface area contributed by atoms with Crippen LogP contribution in [0.2, 0.25) is 0 Å². The van der Waals surface area contributed by atoms with Gasteiger partial charge in [-0.2, -0.15) is 30.2 Å². The molecule has 9 heteroatoms. The van der Waals surface area contributed by atoms with Crippen LogP contribution in [0, 0.1) is 5.92 Å². The maximum atomic E-state index is 12.6. The fourth-order valence-corrected chi connectivity index (χ4v) is 4.28. The van der Waals surface area contributed by atoms with Gasteiger partial charge in [0.25, 0.3) is 10.2 Å². The van der Waals surface area contributed by atoms with Crippen molar-refractivity contribution < 1.29 is 26.7 Å². The van der Waals surface area contributed by atoms with Gasteiger partial charge in [0.15, 0.2) is 0 Å². The molecule has 2 rings (SSSR count). The lowest BCUT2D eigenvalue weighted by molar-refractivity contribution is -0.137. The minimum Gasteiger partial charge on any atom is -0.396 e. The molecular weight excluding hydrogens is 297 g/mol. The Kier molecular flexibility index (Phi) is 4.63. The molecule has 1 N–H and O–H groups in total. The Morgan fingerprint density at radius 1 is 1.15 bits per heavy atom. The topological polar surface area (TPSA) is 60.9 Å². The number of hydrogen-bond donors (Lipinski definition) is 1. The van der Waals surface area contributed by atoms with E-state index in [-0.39, 0.29) is 25.6 Å². The van der Waals surface area contributed by atoms with E-state index in [9.17, 15) is 21.6 Å². The summed E-state index contributed by atoms with van der Waals surface area (Å²) < 4.78 is 64.0. The predicted molar refractivity (Wildman–Crippen MR) is 66.1 cm³/mol. The summed E-state index contributed by atoms with van der Waals surface area (Å²) in [5.41, 5.74) is 0. The molecule has 1 heterocycles. The first kappa shape index (κ1) is 16.0. The van der Waals surface area contributed by atoms with Crippen LogP contribution in [0.15, 0.2) is 0 Å². The van der Waals surface area contributed by atoms with Gasteiger partial charge in [0.05, 0.1) is 0 Å². The lowest BCUT2D eigenvalue weighted by Gasteiger charge is -2.34. The van der Waals surface area contributed by atoms with E-state index in [0.29, 0.717) is 30.0 Å². The molecule has 0 bridgehead atoms. The molecule has 118 valence electrons. The van der Waals surface area contributed by atoms with Crippen LogP contribution in [0.4, 0.5) is 13.2 Å². The van der Waals surface area contributed by atoms with Crippen molar-refractivity contribution in [2.45, 2.75) is 37.9 Å². The zero-order valence-corrected chi connectivity index (χ0v) is 11.8. The monoisotopic (exact) mass is 316 g/mol. The number of aliphatic hydroxyl groups excluding tert-OH is 1. The van der Waals surface area contributed by atoms with Gasteiger partial charge in [-0.05, 0) is 31.6 Å². The highest BCUT2D eigenvalue weighted by Crippen LogP contribution is 2.34. The third kappa shape index (κ3) is 3.84. The summed E-state index contributed by atoms with van der Waals surface area (Å²) >= 11 is 0. The molecule has 0 aromatic heterocycles. The number of piperidine rings is 1. The Bertz CT molecular complexity index is 429. The normalized spacial score (nSPS) is 23.4. The van der Waals surface area contributed by atoms with Gasteiger partial charge in [-0.1, -0.05) is 0 Å². The van der Waals surface area contributed by atoms with E-state index in [4.69, 9.17) is 5.11 Å². The molecule has 0 aromatic rings. The molecule has 0 atom stereocenters. The Labute approximate surface area is 116 Å². The summed E-state index contributed by atoms with van der Waals surface area (Å²) in [7, 11) is -4.06. The minimum absolute atomic E-state index is 0.0111. The van der Waals surface area contributed by atoms with Gasteiger partial charge < -0.3 is 5.11 Å². The van der Waals surface area contributed by atoms with E-state index in [1.54, 1.807) is 0 Å². The molecule has 1 saturated heterocycles. The van der Waals surface area contributed by atoms with Crippen LogP contribution in [0.3, 0.4) is 0 Å². The molecule has 1 aliphatic carbocycles. The van der Waals surface area contributed by atoms with E-state index in [1.165, 1.54) is 0 Å². The van der Waals surface area contributed by atoms with Crippen molar-refractivity contribution in [2.24, 2.45) is 5.92 Å². The van der Waals surface area contributed by atoms with Crippen LogP contribution >= 0.6 is 0 Å². The van der Waals surface area contributed by atoms with Crippen molar-refractivity contribution in [1.82, 2.24) is 8.61 Å². The first-order valence-corrected chi connectivity index (χ1v) is 8.08. The molecule has 2 aliphatic rings. The van der Waals surface area contributed by atoms with Gasteiger partial charge >= 0.3 is 6.18 Å². The summed E-state index contributed by atoms with van der Waals surface area (Å²) in [6.07, 6.45) is -2.58. The Morgan fingerprint density at radius 2 is 1.70 bits per heavy atom. The third-order valence-corrected chi connectivity index (χ3v) is 5.78. The van der Waals surface area contributed by atoms with Crippen LogP contribution in [0.5, 0.6) is 0 Å². The van der Waals surface area contributed by atoms with Gasteiger partial charge in [-0.3, -0.25) is 0 Å². The second kappa shape index (κ2) is 5.78. The molecular formula is C11H19F3N2O3S. The number of hydrogen-bond acceptors (Lipinski definition) is 3. The average Bonchev–Trinajstić information content (AvgIpc) is 3.19. The number of alkyl halides is 3. The van der Waals surface area contributed by atoms with Crippen LogP contribution in [0.1, 0.15) is 25.7 Å². The summed E-state index contributed by atoms with van der Waals surface area (Å²) in [6.45, 7) is -1.08. The van der Waals surface area contributed by atoms with Gasteiger partial charge in [0.1, 0.15) is 6.54 Å². The van der Waals surface area contributed by atoms with Crippen LogP contribution < -0.4 is 0 Å². The Hall–Kier alpha value is -0.380. The average molecular weight is 316 g/mol. The molecule has 0 amide bonds. The zero-order valence-electron chi connectivity index (χ0n) is 11.0. The minimum atomic E-state index is -4.53. The van der Waals surface area contributed by atoms with Crippen LogP contribution in [-0.2, 0) is 10.2 Å². The van der Waals surface area contributed by atoms with Gasteiger partial charge in [0.2, 0.25) is 0 Å². The molecule has 1 aliphatic heterocycles. The van der Waals surface area contributed by atoms with Gasteiger partial charge in [0, 0.05) is 25.7 Å². The van der Waals surface area contributed by atoms with Crippen molar-refractivity contribution in [3.05, 3.63) is 0 Å².